The van der Waals surface area contributed by atoms with Crippen molar-refractivity contribution in [2.24, 2.45) is 0 Å². The minimum absolute atomic E-state index is 0.363. The Labute approximate surface area is 164 Å². The van der Waals surface area contributed by atoms with Gasteiger partial charge in [-0.05, 0) is 55.2 Å². The summed E-state index contributed by atoms with van der Waals surface area (Å²) in [6.07, 6.45) is 0. The van der Waals surface area contributed by atoms with Crippen molar-refractivity contribution in [3.05, 3.63) is 99.4 Å². The molecule has 4 rings (SSSR count). The minimum Gasteiger partial charge on any atom is -0.488 e. The molecule has 0 aliphatic rings. The van der Waals surface area contributed by atoms with Crippen molar-refractivity contribution in [2.45, 2.75) is 27.4 Å². The van der Waals surface area contributed by atoms with Gasteiger partial charge in [-0.25, -0.2) is 4.79 Å². The molecule has 0 amide bonds. The van der Waals surface area contributed by atoms with Gasteiger partial charge in [-0.2, -0.15) is 0 Å². The molecule has 0 radical (unpaired) electrons. The van der Waals surface area contributed by atoms with E-state index in [9.17, 15) is 4.79 Å². The van der Waals surface area contributed by atoms with Crippen molar-refractivity contribution in [2.75, 3.05) is 0 Å². The van der Waals surface area contributed by atoms with Gasteiger partial charge in [-0.1, -0.05) is 54.1 Å². The summed E-state index contributed by atoms with van der Waals surface area (Å²) in [5, 5.41) is 0.821. The first-order valence-electron chi connectivity index (χ1n) is 9.34. The Morgan fingerprint density at radius 3 is 2.43 bits per heavy atom. The van der Waals surface area contributed by atoms with Gasteiger partial charge < -0.3 is 9.15 Å². The third kappa shape index (κ3) is 3.56. The first-order chi connectivity index (χ1) is 13.5. The summed E-state index contributed by atoms with van der Waals surface area (Å²) in [6, 6.07) is 21.6. The van der Waals surface area contributed by atoms with E-state index in [0.29, 0.717) is 12.2 Å². The lowest BCUT2D eigenvalue weighted by molar-refractivity contribution is 0.308. The molecule has 28 heavy (non-hydrogen) atoms. The van der Waals surface area contributed by atoms with Crippen LogP contribution in [0.25, 0.3) is 22.1 Å². The smallest absolute Gasteiger partial charge is 0.336 e. The van der Waals surface area contributed by atoms with Gasteiger partial charge in [0.15, 0.2) is 0 Å². The summed E-state index contributed by atoms with van der Waals surface area (Å²) in [6.45, 7) is 6.59. The Kier molecular flexibility index (Phi) is 4.74. The van der Waals surface area contributed by atoms with Crippen molar-refractivity contribution in [1.29, 1.82) is 0 Å². The maximum Gasteiger partial charge on any atom is 0.336 e. The zero-order valence-electron chi connectivity index (χ0n) is 16.3. The van der Waals surface area contributed by atoms with E-state index in [1.165, 1.54) is 17.2 Å². The van der Waals surface area contributed by atoms with E-state index in [2.05, 4.69) is 32.0 Å². The van der Waals surface area contributed by atoms with Crippen LogP contribution >= 0.6 is 0 Å². The molecule has 4 aromatic rings. The Bertz CT molecular complexity index is 1200. The molecule has 3 aromatic carbocycles. The molecule has 0 saturated carbocycles. The number of ether oxygens (including phenoxy) is 1. The Hall–Kier alpha value is -3.33. The van der Waals surface area contributed by atoms with E-state index in [1.54, 1.807) is 0 Å². The monoisotopic (exact) mass is 370 g/mol. The molecule has 140 valence electrons. The lowest BCUT2D eigenvalue weighted by Gasteiger charge is -2.14. The highest BCUT2D eigenvalue weighted by Crippen LogP contribution is 2.36. The van der Waals surface area contributed by atoms with Crippen molar-refractivity contribution in [3.63, 3.8) is 0 Å². The lowest BCUT2D eigenvalue weighted by atomic mass is 10.00. The molecule has 0 aliphatic heterocycles. The fourth-order valence-electron chi connectivity index (χ4n) is 3.47. The van der Waals surface area contributed by atoms with Crippen molar-refractivity contribution in [3.8, 4) is 16.9 Å². The van der Waals surface area contributed by atoms with Crippen molar-refractivity contribution in [1.82, 2.24) is 0 Å². The van der Waals surface area contributed by atoms with Crippen LogP contribution in [0.2, 0.25) is 0 Å². The molecule has 0 fully saturated rings. The third-order valence-corrected chi connectivity index (χ3v) is 4.93. The highest BCUT2D eigenvalue weighted by Gasteiger charge is 2.14. The van der Waals surface area contributed by atoms with Crippen LogP contribution in [0.4, 0.5) is 0 Å². The number of aryl methyl sites for hydroxylation is 3. The van der Waals surface area contributed by atoms with E-state index in [1.807, 2.05) is 49.4 Å². The molecule has 0 bridgehead atoms. The van der Waals surface area contributed by atoms with Gasteiger partial charge in [-0.15, -0.1) is 0 Å². The van der Waals surface area contributed by atoms with Gasteiger partial charge in [0.2, 0.25) is 0 Å². The van der Waals surface area contributed by atoms with Gasteiger partial charge >= 0.3 is 5.63 Å². The standard InChI is InChI=1S/C25H22O3/c1-16-9-10-18(3)20(11-16)15-27-22-12-17(2)13-23-25(22)21(14-24(26)28-23)19-7-5-4-6-8-19/h4-14H,15H2,1-3H3. The largest absolute Gasteiger partial charge is 0.488 e. The van der Waals surface area contributed by atoms with E-state index in [0.717, 1.165) is 33.4 Å². The molecule has 3 nitrogen and oxygen atoms in total. The van der Waals surface area contributed by atoms with Crippen LogP contribution < -0.4 is 10.4 Å². The molecule has 0 unspecified atom stereocenters. The van der Waals surface area contributed by atoms with Gasteiger partial charge in [0.1, 0.15) is 17.9 Å². The zero-order chi connectivity index (χ0) is 19.7. The van der Waals surface area contributed by atoms with Crippen LogP contribution in [-0.2, 0) is 6.61 Å². The van der Waals surface area contributed by atoms with E-state index >= 15 is 0 Å². The van der Waals surface area contributed by atoms with Crippen LogP contribution in [0.1, 0.15) is 22.3 Å². The number of benzene rings is 3. The van der Waals surface area contributed by atoms with Crippen LogP contribution in [0, 0.1) is 20.8 Å². The molecule has 0 spiro atoms. The summed E-state index contributed by atoms with van der Waals surface area (Å²) in [5.41, 5.74) is 6.49. The molecule has 0 N–H and O–H groups in total. The second-order valence-electron chi connectivity index (χ2n) is 7.20. The van der Waals surface area contributed by atoms with Crippen LogP contribution in [0.15, 0.2) is 75.9 Å². The highest BCUT2D eigenvalue weighted by atomic mass is 16.5. The molecule has 0 atom stereocenters. The molecule has 0 saturated heterocycles. The Morgan fingerprint density at radius 1 is 0.857 bits per heavy atom. The van der Waals surface area contributed by atoms with E-state index < -0.39 is 0 Å². The summed E-state index contributed by atoms with van der Waals surface area (Å²) in [4.78, 5) is 12.2. The second-order valence-corrected chi connectivity index (χ2v) is 7.20. The maximum absolute atomic E-state index is 12.2. The van der Waals surface area contributed by atoms with E-state index in [4.69, 9.17) is 9.15 Å². The molecular weight excluding hydrogens is 348 g/mol. The zero-order valence-corrected chi connectivity index (χ0v) is 16.3. The molecule has 3 heteroatoms. The Morgan fingerprint density at radius 2 is 1.64 bits per heavy atom. The lowest BCUT2D eigenvalue weighted by Crippen LogP contribution is -2.03. The van der Waals surface area contributed by atoms with Crippen LogP contribution in [-0.4, -0.2) is 0 Å². The number of fused-ring (bicyclic) bond motifs is 1. The average molecular weight is 370 g/mol. The predicted octanol–water partition coefficient (Wildman–Crippen LogP) is 5.96. The first kappa shape index (κ1) is 18.1. The van der Waals surface area contributed by atoms with Crippen molar-refractivity contribution < 1.29 is 9.15 Å². The molecular formula is C25H22O3. The number of hydrogen-bond acceptors (Lipinski definition) is 3. The van der Waals surface area contributed by atoms with Gasteiger partial charge in [-0.3, -0.25) is 0 Å². The quantitative estimate of drug-likeness (QED) is 0.416. The summed E-state index contributed by atoms with van der Waals surface area (Å²) < 4.78 is 11.8. The van der Waals surface area contributed by atoms with Gasteiger partial charge in [0, 0.05) is 11.6 Å². The maximum atomic E-state index is 12.2. The fraction of sp³-hybridized carbons (Fsp3) is 0.160. The second kappa shape index (κ2) is 7.35. The van der Waals surface area contributed by atoms with Crippen LogP contribution in [0.3, 0.4) is 0 Å². The SMILES string of the molecule is Cc1ccc(C)c(COc2cc(C)cc3oc(=O)cc(-c4ccccc4)c23)c1. The summed E-state index contributed by atoms with van der Waals surface area (Å²) in [5.74, 6) is 0.721. The molecule has 0 aliphatic carbocycles. The minimum atomic E-state index is -0.363. The normalized spacial score (nSPS) is 11.0. The summed E-state index contributed by atoms with van der Waals surface area (Å²) >= 11 is 0. The molecule has 1 aromatic heterocycles. The van der Waals surface area contributed by atoms with Crippen molar-refractivity contribution >= 4 is 11.0 Å². The van der Waals surface area contributed by atoms with Gasteiger partial charge in [0.25, 0.3) is 0 Å². The fourth-order valence-corrected chi connectivity index (χ4v) is 3.47. The van der Waals surface area contributed by atoms with Gasteiger partial charge in [0.05, 0.1) is 5.39 Å². The first-order valence-corrected chi connectivity index (χ1v) is 9.34. The molecule has 1 heterocycles. The van der Waals surface area contributed by atoms with E-state index in [-0.39, 0.29) is 5.63 Å². The average Bonchev–Trinajstić information content (AvgIpc) is 2.68. The highest BCUT2D eigenvalue weighted by molar-refractivity contribution is 5.98. The number of rotatable bonds is 4. The van der Waals surface area contributed by atoms with Crippen LogP contribution in [0.5, 0.6) is 5.75 Å². The Balaban J connectivity index is 1.86. The topological polar surface area (TPSA) is 39.4 Å². The third-order valence-electron chi connectivity index (χ3n) is 4.93. The predicted molar refractivity (Wildman–Crippen MR) is 113 cm³/mol. The summed E-state index contributed by atoms with van der Waals surface area (Å²) in [7, 11) is 0. The number of hydrogen-bond donors (Lipinski definition) is 0.